The van der Waals surface area contributed by atoms with Gasteiger partial charge in [-0.25, -0.2) is 14.4 Å². The highest BCUT2D eigenvalue weighted by Gasteiger charge is 2.45. The molecule has 0 unspecified atom stereocenters. The van der Waals surface area contributed by atoms with Gasteiger partial charge in [-0.3, -0.25) is 4.79 Å². The van der Waals surface area contributed by atoms with Crippen LogP contribution >= 0.6 is 0 Å². The SMILES string of the molecule is Cc1cc(C)nc(N2C[C@@H]3CCN(C(=O)c4cc(F)ccc4-n4nccn4)C[C@@H]32)n1. The zero-order valence-electron chi connectivity index (χ0n) is 16.9. The van der Waals surface area contributed by atoms with Gasteiger partial charge in [-0.05, 0) is 44.5 Å². The highest BCUT2D eigenvalue weighted by molar-refractivity contribution is 5.97. The number of carbonyl (C=O) groups excluding carboxylic acids is 1. The van der Waals surface area contributed by atoms with Crippen molar-refractivity contribution in [1.29, 1.82) is 0 Å². The van der Waals surface area contributed by atoms with Gasteiger partial charge < -0.3 is 9.80 Å². The fourth-order valence-electron chi connectivity index (χ4n) is 4.41. The van der Waals surface area contributed by atoms with Gasteiger partial charge in [-0.2, -0.15) is 15.0 Å². The number of aromatic nitrogens is 5. The summed E-state index contributed by atoms with van der Waals surface area (Å²) in [6.45, 7) is 6.02. The Balaban J connectivity index is 1.40. The van der Waals surface area contributed by atoms with E-state index in [-0.39, 0.29) is 17.5 Å². The Morgan fingerprint density at radius 1 is 1.07 bits per heavy atom. The average Bonchev–Trinajstić information content (AvgIpc) is 3.22. The maximum absolute atomic E-state index is 14.0. The van der Waals surface area contributed by atoms with Crippen molar-refractivity contribution in [2.45, 2.75) is 26.3 Å². The van der Waals surface area contributed by atoms with Crippen molar-refractivity contribution in [2.24, 2.45) is 5.92 Å². The van der Waals surface area contributed by atoms with Gasteiger partial charge in [0, 0.05) is 36.9 Å². The van der Waals surface area contributed by atoms with E-state index < -0.39 is 5.82 Å². The molecule has 2 aliphatic rings. The lowest BCUT2D eigenvalue weighted by Crippen LogP contribution is -2.65. The van der Waals surface area contributed by atoms with Gasteiger partial charge in [0.15, 0.2) is 0 Å². The van der Waals surface area contributed by atoms with Crippen LogP contribution in [0.15, 0.2) is 36.7 Å². The molecular formula is C21H22FN7O. The van der Waals surface area contributed by atoms with Crippen LogP contribution in [0.2, 0.25) is 0 Å². The number of anilines is 1. The van der Waals surface area contributed by atoms with Crippen LogP contribution in [0, 0.1) is 25.6 Å². The third-order valence-corrected chi connectivity index (χ3v) is 5.89. The van der Waals surface area contributed by atoms with Crippen LogP contribution in [0.5, 0.6) is 0 Å². The Bertz CT molecular complexity index is 1080. The normalized spacial score (nSPS) is 20.6. The van der Waals surface area contributed by atoms with E-state index in [1.54, 1.807) is 4.90 Å². The molecule has 1 amide bonds. The number of nitrogens with zero attached hydrogens (tertiary/aromatic N) is 7. The summed E-state index contributed by atoms with van der Waals surface area (Å²) in [5.41, 5.74) is 2.59. The number of likely N-dealkylation sites (tertiary alicyclic amines) is 1. The van der Waals surface area contributed by atoms with Crippen LogP contribution in [-0.2, 0) is 0 Å². The molecule has 4 heterocycles. The van der Waals surface area contributed by atoms with Crippen LogP contribution in [0.25, 0.3) is 5.69 Å². The van der Waals surface area contributed by atoms with E-state index >= 15 is 0 Å². The first-order chi connectivity index (χ1) is 14.5. The third-order valence-electron chi connectivity index (χ3n) is 5.89. The average molecular weight is 407 g/mol. The summed E-state index contributed by atoms with van der Waals surface area (Å²) >= 11 is 0. The maximum atomic E-state index is 14.0. The van der Waals surface area contributed by atoms with Gasteiger partial charge in [-0.15, -0.1) is 0 Å². The molecule has 2 atom stereocenters. The fourth-order valence-corrected chi connectivity index (χ4v) is 4.41. The zero-order valence-corrected chi connectivity index (χ0v) is 16.9. The molecule has 0 radical (unpaired) electrons. The van der Waals surface area contributed by atoms with Crippen LogP contribution in [0.1, 0.15) is 28.2 Å². The first-order valence-electron chi connectivity index (χ1n) is 10.0. The number of piperidine rings is 1. The van der Waals surface area contributed by atoms with Crippen LogP contribution < -0.4 is 4.90 Å². The molecule has 2 aromatic heterocycles. The van der Waals surface area contributed by atoms with Crippen LogP contribution in [-0.4, -0.2) is 61.4 Å². The summed E-state index contributed by atoms with van der Waals surface area (Å²) < 4.78 is 14.0. The number of fused-ring (bicyclic) bond motifs is 1. The lowest BCUT2D eigenvalue weighted by molar-refractivity contribution is 0.0588. The topological polar surface area (TPSA) is 80.0 Å². The number of hydrogen-bond acceptors (Lipinski definition) is 6. The van der Waals surface area contributed by atoms with Crippen molar-refractivity contribution < 1.29 is 9.18 Å². The lowest BCUT2D eigenvalue weighted by Gasteiger charge is -2.53. The Kier molecular flexibility index (Phi) is 4.45. The summed E-state index contributed by atoms with van der Waals surface area (Å²) in [6, 6.07) is 6.23. The summed E-state index contributed by atoms with van der Waals surface area (Å²) in [5, 5.41) is 8.20. The van der Waals surface area contributed by atoms with Crippen LogP contribution in [0.3, 0.4) is 0 Å². The molecule has 0 N–H and O–H groups in total. The molecule has 2 saturated heterocycles. The molecule has 0 saturated carbocycles. The summed E-state index contributed by atoms with van der Waals surface area (Å²) in [4.78, 5) is 27.8. The molecular weight excluding hydrogens is 385 g/mol. The summed E-state index contributed by atoms with van der Waals surface area (Å²) in [5.74, 6) is 0.556. The summed E-state index contributed by atoms with van der Waals surface area (Å²) in [7, 11) is 0. The molecule has 2 aliphatic heterocycles. The van der Waals surface area contributed by atoms with Crippen molar-refractivity contribution in [2.75, 3.05) is 24.5 Å². The minimum atomic E-state index is -0.460. The lowest BCUT2D eigenvalue weighted by atomic mass is 9.82. The Hall–Kier alpha value is -3.36. The van der Waals surface area contributed by atoms with E-state index in [4.69, 9.17) is 0 Å². The molecule has 1 aromatic carbocycles. The number of amides is 1. The van der Waals surface area contributed by atoms with Crippen LogP contribution in [0.4, 0.5) is 10.3 Å². The second-order valence-electron chi connectivity index (χ2n) is 7.95. The number of carbonyl (C=O) groups is 1. The van der Waals surface area contributed by atoms with E-state index in [2.05, 4.69) is 25.1 Å². The standard InChI is InChI=1S/C21H22FN7O/c1-13-9-14(2)26-21(25-13)28-11-15-5-8-27(12-19(15)28)20(30)17-10-16(22)3-4-18(17)29-23-6-7-24-29/h3-4,6-7,9-10,15,19H,5,8,11-12H2,1-2H3/t15-,19-/m0/s1. The molecule has 9 heteroatoms. The van der Waals surface area contributed by atoms with Gasteiger partial charge in [0.1, 0.15) is 5.82 Å². The second-order valence-corrected chi connectivity index (χ2v) is 7.95. The van der Waals surface area contributed by atoms with Crippen molar-refractivity contribution >= 4 is 11.9 Å². The van der Waals surface area contributed by atoms with E-state index in [9.17, 15) is 9.18 Å². The van der Waals surface area contributed by atoms with Crippen molar-refractivity contribution in [3.8, 4) is 5.69 Å². The van der Waals surface area contributed by atoms with E-state index in [1.807, 2.05) is 19.9 Å². The largest absolute Gasteiger partial charge is 0.336 e. The molecule has 0 aliphatic carbocycles. The first-order valence-corrected chi connectivity index (χ1v) is 10.0. The molecule has 30 heavy (non-hydrogen) atoms. The number of rotatable bonds is 3. The summed E-state index contributed by atoms with van der Waals surface area (Å²) in [6.07, 6.45) is 3.96. The predicted octanol–water partition coefficient (Wildman–Crippen LogP) is 2.16. The number of hydrogen-bond donors (Lipinski definition) is 0. The van der Waals surface area contributed by atoms with Gasteiger partial charge >= 0.3 is 0 Å². The number of aryl methyl sites for hydroxylation is 2. The van der Waals surface area contributed by atoms with E-state index in [0.29, 0.717) is 24.7 Å². The molecule has 5 rings (SSSR count). The minimum absolute atomic E-state index is 0.170. The molecule has 3 aromatic rings. The molecule has 2 fully saturated rings. The Labute approximate surface area is 173 Å². The minimum Gasteiger partial charge on any atom is -0.336 e. The van der Waals surface area contributed by atoms with E-state index in [1.165, 1.54) is 35.4 Å². The van der Waals surface area contributed by atoms with Gasteiger partial charge in [0.2, 0.25) is 5.95 Å². The smallest absolute Gasteiger partial charge is 0.256 e. The molecule has 8 nitrogen and oxygen atoms in total. The number of halogens is 1. The Morgan fingerprint density at radius 2 is 1.80 bits per heavy atom. The van der Waals surface area contributed by atoms with Crippen molar-refractivity contribution in [1.82, 2.24) is 29.9 Å². The molecule has 154 valence electrons. The third kappa shape index (κ3) is 3.20. The first kappa shape index (κ1) is 18.7. The zero-order chi connectivity index (χ0) is 20.8. The highest BCUT2D eigenvalue weighted by Crippen LogP contribution is 2.35. The van der Waals surface area contributed by atoms with Gasteiger partial charge in [0.25, 0.3) is 5.91 Å². The monoisotopic (exact) mass is 407 g/mol. The second kappa shape index (κ2) is 7.16. The Morgan fingerprint density at radius 3 is 2.53 bits per heavy atom. The van der Waals surface area contributed by atoms with E-state index in [0.717, 1.165) is 30.3 Å². The fraction of sp³-hybridized carbons (Fsp3) is 0.381. The molecule has 0 bridgehead atoms. The molecule has 0 spiro atoms. The highest BCUT2D eigenvalue weighted by atomic mass is 19.1. The van der Waals surface area contributed by atoms with Crippen molar-refractivity contribution in [3.05, 3.63) is 59.4 Å². The quantitative estimate of drug-likeness (QED) is 0.662. The predicted molar refractivity (Wildman–Crippen MR) is 108 cm³/mol. The maximum Gasteiger partial charge on any atom is 0.256 e. The van der Waals surface area contributed by atoms with Gasteiger partial charge in [0.05, 0.1) is 29.7 Å². The van der Waals surface area contributed by atoms with Crippen molar-refractivity contribution in [3.63, 3.8) is 0 Å². The number of benzene rings is 1. The van der Waals surface area contributed by atoms with Gasteiger partial charge in [-0.1, -0.05) is 0 Å².